The fourth-order valence-electron chi connectivity index (χ4n) is 3.70. The quantitative estimate of drug-likeness (QED) is 0.486. The van der Waals surface area contributed by atoms with Gasteiger partial charge in [0.05, 0.1) is 23.8 Å². The number of benzene rings is 1. The van der Waals surface area contributed by atoms with Crippen molar-refractivity contribution in [1.29, 1.82) is 5.26 Å². The Kier molecular flexibility index (Phi) is 5.46. The number of anilines is 2. The van der Waals surface area contributed by atoms with Crippen molar-refractivity contribution in [3.05, 3.63) is 60.4 Å². The molecule has 1 fully saturated rings. The highest BCUT2D eigenvalue weighted by Crippen LogP contribution is 2.32. The Morgan fingerprint density at radius 1 is 1.19 bits per heavy atom. The molecule has 3 aromatic heterocycles. The average molecular weight is 429 g/mol. The minimum absolute atomic E-state index is 0.00443. The Balaban J connectivity index is 1.43. The molecule has 0 saturated carbocycles. The molecule has 2 N–H and O–H groups in total. The Morgan fingerprint density at radius 3 is 2.91 bits per heavy atom. The third-order valence-electron chi connectivity index (χ3n) is 5.28. The number of aryl methyl sites for hydroxylation is 1. The zero-order valence-corrected chi connectivity index (χ0v) is 17.7. The third-order valence-corrected chi connectivity index (χ3v) is 5.28. The number of rotatable bonds is 6. The molecule has 1 aliphatic heterocycles. The number of hydrogen-bond acceptors (Lipinski definition) is 7. The highest BCUT2D eigenvalue weighted by Gasteiger charge is 2.16. The first-order chi connectivity index (χ1) is 15.7. The van der Waals surface area contributed by atoms with Crippen molar-refractivity contribution in [2.45, 2.75) is 6.10 Å². The van der Waals surface area contributed by atoms with Crippen molar-refractivity contribution < 1.29 is 9.47 Å². The highest BCUT2D eigenvalue weighted by molar-refractivity contribution is 5.76. The van der Waals surface area contributed by atoms with Gasteiger partial charge in [-0.25, -0.2) is 4.52 Å². The van der Waals surface area contributed by atoms with E-state index < -0.39 is 0 Å². The first-order valence-corrected chi connectivity index (χ1v) is 10.4. The molecule has 0 bridgehead atoms. The van der Waals surface area contributed by atoms with Gasteiger partial charge >= 0.3 is 0 Å². The van der Waals surface area contributed by atoms with E-state index in [2.05, 4.69) is 26.9 Å². The van der Waals surface area contributed by atoms with Crippen molar-refractivity contribution in [3.63, 3.8) is 0 Å². The minimum atomic E-state index is 0.00443. The van der Waals surface area contributed by atoms with Crippen LogP contribution in [0.1, 0.15) is 5.56 Å². The molecule has 0 radical (unpaired) electrons. The van der Waals surface area contributed by atoms with Gasteiger partial charge in [0.25, 0.3) is 0 Å². The van der Waals surface area contributed by atoms with Crippen LogP contribution in [-0.2, 0) is 11.8 Å². The second-order valence-electron chi connectivity index (χ2n) is 7.64. The van der Waals surface area contributed by atoms with Crippen LogP contribution in [0.4, 0.5) is 11.6 Å². The molecule has 5 rings (SSSR count). The van der Waals surface area contributed by atoms with Crippen LogP contribution in [0, 0.1) is 11.3 Å². The fourth-order valence-corrected chi connectivity index (χ4v) is 3.70. The minimum Gasteiger partial charge on any atom is -0.490 e. The first kappa shape index (κ1) is 20.1. The van der Waals surface area contributed by atoms with E-state index in [0.717, 1.165) is 35.6 Å². The molecule has 0 amide bonds. The Morgan fingerprint density at radius 2 is 2.12 bits per heavy atom. The molecule has 9 heteroatoms. The average Bonchev–Trinajstić information content (AvgIpc) is 3.42. The molecular weight excluding hydrogens is 406 g/mol. The summed E-state index contributed by atoms with van der Waals surface area (Å²) in [5.41, 5.74) is 3.29. The lowest BCUT2D eigenvalue weighted by Crippen LogP contribution is -2.41. The zero-order valence-electron chi connectivity index (χ0n) is 17.7. The lowest BCUT2D eigenvalue weighted by molar-refractivity contribution is 0.000316. The van der Waals surface area contributed by atoms with Gasteiger partial charge in [-0.2, -0.15) is 15.5 Å². The molecule has 32 heavy (non-hydrogen) atoms. The summed E-state index contributed by atoms with van der Waals surface area (Å²) in [5, 5.41) is 24.8. The molecule has 1 atom stereocenters. The number of aromatic nitrogens is 4. The summed E-state index contributed by atoms with van der Waals surface area (Å²) in [6.45, 7) is 2.75. The topological polar surface area (TPSA) is 101 Å². The third kappa shape index (κ3) is 4.27. The van der Waals surface area contributed by atoms with Crippen molar-refractivity contribution in [1.82, 2.24) is 24.7 Å². The maximum Gasteiger partial charge on any atom is 0.154 e. The largest absolute Gasteiger partial charge is 0.490 e. The van der Waals surface area contributed by atoms with Gasteiger partial charge in [0.2, 0.25) is 0 Å². The zero-order chi connectivity index (χ0) is 21.9. The molecule has 4 heterocycles. The summed E-state index contributed by atoms with van der Waals surface area (Å²) in [7, 11) is 1.87. The summed E-state index contributed by atoms with van der Waals surface area (Å²) < 4.78 is 15.4. The SMILES string of the molecule is Cn1ccc(Nc2cc3cc(-c4cc(C#N)ccc4OC[C@H]4CNCCO4)ccn3n2)n1. The molecule has 162 valence electrons. The molecule has 1 aliphatic rings. The van der Waals surface area contributed by atoms with Crippen LogP contribution < -0.4 is 15.4 Å². The van der Waals surface area contributed by atoms with Crippen LogP contribution in [0.3, 0.4) is 0 Å². The van der Waals surface area contributed by atoms with Gasteiger partial charge in [-0.05, 0) is 35.9 Å². The number of nitriles is 1. The molecule has 0 unspecified atom stereocenters. The number of morpholine rings is 1. The predicted molar refractivity (Wildman–Crippen MR) is 120 cm³/mol. The Labute approximate surface area is 185 Å². The lowest BCUT2D eigenvalue weighted by Gasteiger charge is -2.24. The smallest absolute Gasteiger partial charge is 0.154 e. The molecule has 1 aromatic carbocycles. The number of nitrogens with one attached hydrogen (secondary N) is 2. The van der Waals surface area contributed by atoms with Crippen LogP contribution in [0.2, 0.25) is 0 Å². The summed E-state index contributed by atoms with van der Waals surface area (Å²) >= 11 is 0. The normalized spacial score (nSPS) is 16.1. The number of fused-ring (bicyclic) bond motifs is 1. The van der Waals surface area contributed by atoms with E-state index in [0.29, 0.717) is 30.3 Å². The molecule has 9 nitrogen and oxygen atoms in total. The molecule has 0 spiro atoms. The van der Waals surface area contributed by atoms with E-state index in [-0.39, 0.29) is 6.10 Å². The van der Waals surface area contributed by atoms with E-state index in [1.165, 1.54) is 0 Å². The van der Waals surface area contributed by atoms with Crippen LogP contribution in [-0.4, -0.2) is 51.8 Å². The van der Waals surface area contributed by atoms with Crippen molar-refractivity contribution in [3.8, 4) is 22.9 Å². The van der Waals surface area contributed by atoms with Gasteiger partial charge in [-0.15, -0.1) is 0 Å². The first-order valence-electron chi connectivity index (χ1n) is 10.4. The Hall–Kier alpha value is -3.87. The van der Waals surface area contributed by atoms with Crippen molar-refractivity contribution in [2.24, 2.45) is 7.05 Å². The summed E-state index contributed by atoms with van der Waals surface area (Å²) in [6.07, 6.45) is 3.77. The van der Waals surface area contributed by atoms with E-state index in [9.17, 15) is 5.26 Å². The number of nitrogens with zero attached hydrogens (tertiary/aromatic N) is 5. The van der Waals surface area contributed by atoms with Gasteiger partial charge < -0.3 is 20.1 Å². The monoisotopic (exact) mass is 429 g/mol. The summed E-state index contributed by atoms with van der Waals surface area (Å²) in [6, 6.07) is 15.5. The summed E-state index contributed by atoms with van der Waals surface area (Å²) in [4.78, 5) is 0. The van der Waals surface area contributed by atoms with Crippen LogP contribution in [0.5, 0.6) is 5.75 Å². The van der Waals surface area contributed by atoms with Gasteiger partial charge in [-0.3, -0.25) is 4.68 Å². The van der Waals surface area contributed by atoms with Crippen molar-refractivity contribution in [2.75, 3.05) is 31.6 Å². The van der Waals surface area contributed by atoms with Crippen LogP contribution in [0.25, 0.3) is 16.6 Å². The van der Waals surface area contributed by atoms with E-state index in [4.69, 9.17) is 9.47 Å². The molecule has 1 saturated heterocycles. The lowest BCUT2D eigenvalue weighted by atomic mass is 10.0. The number of hydrogen-bond donors (Lipinski definition) is 2. The maximum atomic E-state index is 9.40. The molecular formula is C23H23N7O2. The van der Waals surface area contributed by atoms with E-state index >= 15 is 0 Å². The van der Waals surface area contributed by atoms with Gasteiger partial charge in [-0.1, -0.05) is 0 Å². The standard InChI is InChI=1S/C23H23N7O2/c1-29-7-5-22(27-29)26-23-12-18-11-17(4-8-30(18)28-23)20-10-16(13-24)2-3-21(20)32-15-19-14-25-6-9-31-19/h2-5,7-8,10-12,19,25H,6,9,14-15H2,1H3,(H,26,27,28)/t19-/m1/s1. The second-order valence-corrected chi connectivity index (χ2v) is 7.64. The maximum absolute atomic E-state index is 9.40. The van der Waals surface area contributed by atoms with Crippen molar-refractivity contribution >= 4 is 17.2 Å². The van der Waals surface area contributed by atoms with Crippen LogP contribution >= 0.6 is 0 Å². The Bertz CT molecular complexity index is 1280. The fraction of sp³-hybridized carbons (Fsp3) is 0.261. The number of pyridine rings is 1. The molecule has 4 aromatic rings. The van der Waals surface area contributed by atoms with Gasteiger partial charge in [0.1, 0.15) is 18.5 Å². The molecule has 0 aliphatic carbocycles. The predicted octanol–water partition coefficient (Wildman–Crippen LogP) is 2.72. The number of ether oxygens (including phenoxy) is 2. The summed E-state index contributed by atoms with van der Waals surface area (Å²) in [5.74, 6) is 2.15. The van der Waals surface area contributed by atoms with Crippen LogP contribution in [0.15, 0.2) is 54.9 Å². The van der Waals surface area contributed by atoms with Gasteiger partial charge in [0.15, 0.2) is 11.6 Å². The second kappa shape index (κ2) is 8.70. The highest BCUT2D eigenvalue weighted by atomic mass is 16.5. The van der Waals surface area contributed by atoms with E-state index in [1.54, 1.807) is 15.3 Å². The van der Waals surface area contributed by atoms with Gasteiger partial charge in [0, 0.05) is 50.2 Å². The van der Waals surface area contributed by atoms with E-state index in [1.807, 2.05) is 55.8 Å².